The maximum Gasteiger partial charge on any atom is 0.573 e. The van der Waals surface area contributed by atoms with Crippen LogP contribution in [0.3, 0.4) is 0 Å². The van der Waals surface area contributed by atoms with Gasteiger partial charge in [0.25, 0.3) is 0 Å². The van der Waals surface area contributed by atoms with Gasteiger partial charge in [-0.3, -0.25) is 0 Å². The van der Waals surface area contributed by atoms with E-state index in [0.29, 0.717) is 11.4 Å². The van der Waals surface area contributed by atoms with Crippen molar-refractivity contribution < 1.29 is 27.8 Å². The first kappa shape index (κ1) is 17.9. The lowest BCUT2D eigenvalue weighted by Crippen LogP contribution is -2.19. The molecule has 2 aromatic rings. The van der Waals surface area contributed by atoms with Crippen LogP contribution in [0, 0.1) is 11.3 Å². The Morgan fingerprint density at radius 3 is 2.44 bits per heavy atom. The van der Waals surface area contributed by atoms with Crippen molar-refractivity contribution in [1.29, 1.82) is 5.26 Å². The number of hydrogen-bond donors (Lipinski definition) is 3. The van der Waals surface area contributed by atoms with Crippen LogP contribution in [0.5, 0.6) is 5.75 Å². The topological polar surface area (TPSA) is 94.4 Å². The van der Waals surface area contributed by atoms with Gasteiger partial charge in [0.05, 0.1) is 11.3 Å². The second-order valence-corrected chi connectivity index (χ2v) is 4.85. The number of alkyl halides is 3. The number of ether oxygens (including phenoxy) is 1. The third-order valence-corrected chi connectivity index (χ3v) is 3.02. The van der Waals surface area contributed by atoms with E-state index in [-0.39, 0.29) is 12.1 Å². The molecule has 2 aromatic carbocycles. The minimum Gasteiger partial charge on any atom is -0.465 e. The van der Waals surface area contributed by atoms with Gasteiger partial charge in [-0.25, -0.2) is 4.79 Å². The normalized spacial score (nSPS) is 10.6. The second-order valence-electron chi connectivity index (χ2n) is 4.85. The highest BCUT2D eigenvalue weighted by molar-refractivity contribution is 5.68. The van der Waals surface area contributed by atoms with Crippen molar-refractivity contribution >= 4 is 17.5 Å². The minimum absolute atomic E-state index is 0.0154. The fourth-order valence-electron chi connectivity index (χ4n) is 1.96. The van der Waals surface area contributed by atoms with Gasteiger partial charge in [0, 0.05) is 18.3 Å². The van der Waals surface area contributed by atoms with Gasteiger partial charge in [0.2, 0.25) is 0 Å². The lowest BCUT2D eigenvalue weighted by molar-refractivity contribution is -0.274. The molecule has 0 atom stereocenters. The molecule has 0 unspecified atom stereocenters. The van der Waals surface area contributed by atoms with Gasteiger partial charge in [-0.05, 0) is 29.8 Å². The summed E-state index contributed by atoms with van der Waals surface area (Å²) in [6.07, 6.45) is -5.97. The monoisotopic (exact) mass is 351 g/mol. The Morgan fingerprint density at radius 2 is 1.88 bits per heavy atom. The Hall–Kier alpha value is -3.41. The highest BCUT2D eigenvalue weighted by atomic mass is 19.4. The van der Waals surface area contributed by atoms with E-state index in [0.717, 1.165) is 17.7 Å². The average molecular weight is 351 g/mol. The van der Waals surface area contributed by atoms with Crippen molar-refractivity contribution in [2.75, 3.05) is 5.32 Å². The Kier molecular flexibility index (Phi) is 5.34. The molecule has 0 fully saturated rings. The molecule has 0 saturated carbocycles. The fraction of sp³-hybridized carbons (Fsp3) is 0.125. The van der Waals surface area contributed by atoms with Gasteiger partial charge < -0.3 is 20.5 Å². The van der Waals surface area contributed by atoms with Crippen molar-refractivity contribution in [1.82, 2.24) is 5.32 Å². The van der Waals surface area contributed by atoms with Crippen LogP contribution in [0.1, 0.15) is 11.1 Å². The molecule has 130 valence electrons. The summed E-state index contributed by atoms with van der Waals surface area (Å²) < 4.78 is 40.4. The van der Waals surface area contributed by atoms with Gasteiger partial charge in [-0.2, -0.15) is 5.26 Å². The maximum atomic E-state index is 12.2. The first-order valence-electron chi connectivity index (χ1n) is 6.89. The lowest BCUT2D eigenvalue weighted by Gasteiger charge is -2.12. The van der Waals surface area contributed by atoms with E-state index in [1.54, 1.807) is 30.3 Å². The summed E-state index contributed by atoms with van der Waals surface area (Å²) >= 11 is 0. The number of nitriles is 1. The Bertz CT molecular complexity index is 799. The lowest BCUT2D eigenvalue weighted by atomic mass is 10.1. The quantitative estimate of drug-likeness (QED) is 0.758. The van der Waals surface area contributed by atoms with Crippen LogP contribution < -0.4 is 15.4 Å². The smallest absolute Gasteiger partial charge is 0.465 e. The molecular formula is C16H12F3N3O3. The number of rotatable bonds is 5. The zero-order valence-corrected chi connectivity index (χ0v) is 12.6. The summed E-state index contributed by atoms with van der Waals surface area (Å²) in [6.45, 7) is 0.141. The summed E-state index contributed by atoms with van der Waals surface area (Å²) in [5.74, 6) is -0.482. The predicted molar refractivity (Wildman–Crippen MR) is 82.4 cm³/mol. The van der Waals surface area contributed by atoms with Crippen LogP contribution in [0.4, 0.5) is 29.3 Å². The van der Waals surface area contributed by atoms with Gasteiger partial charge in [-0.1, -0.05) is 12.1 Å². The largest absolute Gasteiger partial charge is 0.573 e. The highest BCUT2D eigenvalue weighted by Crippen LogP contribution is 2.28. The number of benzene rings is 2. The molecule has 2 rings (SSSR count). The number of carboxylic acid groups (broad SMARTS) is 1. The van der Waals surface area contributed by atoms with E-state index in [1.807, 2.05) is 0 Å². The molecule has 0 aliphatic rings. The number of nitrogens with one attached hydrogen (secondary N) is 2. The molecule has 0 aliphatic carbocycles. The van der Waals surface area contributed by atoms with Crippen molar-refractivity contribution in [2.45, 2.75) is 12.9 Å². The first-order chi connectivity index (χ1) is 11.8. The third kappa shape index (κ3) is 5.62. The van der Waals surface area contributed by atoms with E-state index >= 15 is 0 Å². The van der Waals surface area contributed by atoms with Gasteiger partial charge in [0.15, 0.2) is 0 Å². The number of nitrogens with zero attached hydrogens (tertiary/aromatic N) is 1. The van der Waals surface area contributed by atoms with Gasteiger partial charge in [-0.15, -0.1) is 13.2 Å². The van der Waals surface area contributed by atoms with E-state index in [2.05, 4.69) is 15.4 Å². The van der Waals surface area contributed by atoms with E-state index < -0.39 is 18.2 Å². The van der Waals surface area contributed by atoms with Crippen molar-refractivity contribution in [2.24, 2.45) is 0 Å². The number of hydrogen-bond acceptors (Lipinski definition) is 4. The molecule has 0 aromatic heterocycles. The standard InChI is InChI=1S/C16H12F3N3O3/c17-16(18,19)25-13-5-6-14(11(7-13)8-20)22-12-3-1-10(2-4-12)9-21-15(23)24/h1-7,21-22H,9H2,(H,23,24). The van der Waals surface area contributed by atoms with Crippen molar-refractivity contribution in [3.05, 3.63) is 53.6 Å². The molecule has 3 N–H and O–H groups in total. The van der Waals surface area contributed by atoms with Crippen LogP contribution in [-0.2, 0) is 6.54 Å². The third-order valence-electron chi connectivity index (χ3n) is 3.02. The zero-order chi connectivity index (χ0) is 18.4. The molecule has 0 bridgehead atoms. The molecular weight excluding hydrogens is 339 g/mol. The molecule has 1 amide bonds. The second kappa shape index (κ2) is 7.44. The summed E-state index contributed by atoms with van der Waals surface area (Å²) in [6, 6.07) is 11.8. The molecule has 9 heteroatoms. The van der Waals surface area contributed by atoms with Gasteiger partial charge >= 0.3 is 12.5 Å². The summed E-state index contributed by atoms with van der Waals surface area (Å²) in [4.78, 5) is 10.4. The molecule has 0 aliphatic heterocycles. The molecule has 0 heterocycles. The van der Waals surface area contributed by atoms with E-state index in [1.165, 1.54) is 6.07 Å². The van der Waals surface area contributed by atoms with Crippen LogP contribution >= 0.6 is 0 Å². The number of carbonyl (C=O) groups is 1. The molecule has 0 radical (unpaired) electrons. The van der Waals surface area contributed by atoms with Crippen LogP contribution in [0.25, 0.3) is 0 Å². The Labute approximate surface area is 140 Å². The molecule has 25 heavy (non-hydrogen) atoms. The summed E-state index contributed by atoms with van der Waals surface area (Å²) in [5, 5.41) is 22.8. The number of halogens is 3. The first-order valence-corrected chi connectivity index (χ1v) is 6.89. The predicted octanol–water partition coefficient (Wildman–Crippen LogP) is 3.97. The average Bonchev–Trinajstić information content (AvgIpc) is 2.54. The Balaban J connectivity index is 2.11. The van der Waals surface area contributed by atoms with Crippen molar-refractivity contribution in [3.8, 4) is 11.8 Å². The van der Waals surface area contributed by atoms with Crippen molar-refractivity contribution in [3.63, 3.8) is 0 Å². The zero-order valence-electron chi connectivity index (χ0n) is 12.6. The van der Waals surface area contributed by atoms with E-state index in [9.17, 15) is 18.0 Å². The van der Waals surface area contributed by atoms with Crippen LogP contribution in [0.2, 0.25) is 0 Å². The SMILES string of the molecule is N#Cc1cc(OC(F)(F)F)ccc1Nc1ccc(CNC(=O)O)cc1. The van der Waals surface area contributed by atoms with Crippen LogP contribution in [-0.4, -0.2) is 17.6 Å². The number of anilines is 2. The molecule has 0 spiro atoms. The minimum atomic E-state index is -4.83. The molecule has 0 saturated heterocycles. The summed E-state index contributed by atoms with van der Waals surface area (Å²) in [7, 11) is 0. The molecule has 6 nitrogen and oxygen atoms in total. The van der Waals surface area contributed by atoms with Gasteiger partial charge in [0.1, 0.15) is 11.8 Å². The fourth-order valence-corrected chi connectivity index (χ4v) is 1.96. The highest BCUT2D eigenvalue weighted by Gasteiger charge is 2.31. The Morgan fingerprint density at radius 1 is 1.20 bits per heavy atom. The van der Waals surface area contributed by atoms with E-state index in [4.69, 9.17) is 10.4 Å². The maximum absolute atomic E-state index is 12.2. The summed E-state index contributed by atoms with van der Waals surface area (Å²) in [5.41, 5.74) is 1.61. The number of amides is 1. The van der Waals surface area contributed by atoms with Crippen LogP contribution in [0.15, 0.2) is 42.5 Å².